The third-order valence-electron chi connectivity index (χ3n) is 8.92. The van der Waals surface area contributed by atoms with Crippen LogP contribution in [-0.4, -0.2) is 111 Å². The standard InChI is InChI=1S/C27H33BrN6O5S.C12H21ClN2O5S/c1-7-37-24(35)18-13-29-16(3)22(15(18)2)38-20-12-21(30-14-19(20)28)31-25-32-23(33-40-25)17-8-10-34(11-9-17)26(36)39-27(4,5)6;1-12(2,3)19-11(16)15-7-5-9(6-8-15)10(13)14-20-21(4,17)18/h12-14,17H,7-11H2,1-6H3,(H,30,31,32,33);9H,5-8H2,1-4H3/b;14-10-. The number of ether oxygens (including phenoxy) is 4. The molecule has 0 aromatic carbocycles. The lowest BCUT2D eigenvalue weighted by atomic mass is 9.96. The number of rotatable bonds is 10. The number of pyridine rings is 2. The van der Waals surface area contributed by atoms with Crippen LogP contribution < -0.4 is 10.1 Å². The van der Waals surface area contributed by atoms with Gasteiger partial charge in [-0.2, -0.15) is 12.8 Å². The van der Waals surface area contributed by atoms with Crippen molar-refractivity contribution in [3.63, 3.8) is 0 Å². The number of piperidine rings is 2. The van der Waals surface area contributed by atoms with Crippen LogP contribution in [0.1, 0.15) is 108 Å². The Hall–Kier alpha value is -4.34. The van der Waals surface area contributed by atoms with Crippen molar-refractivity contribution in [2.45, 2.75) is 105 Å². The van der Waals surface area contributed by atoms with Gasteiger partial charge in [0.1, 0.15) is 33.8 Å². The molecule has 2 aliphatic rings. The van der Waals surface area contributed by atoms with Crippen LogP contribution in [0.3, 0.4) is 0 Å². The van der Waals surface area contributed by atoms with Crippen molar-refractivity contribution in [2.24, 2.45) is 11.1 Å². The predicted molar refractivity (Wildman–Crippen MR) is 234 cm³/mol. The van der Waals surface area contributed by atoms with Crippen LogP contribution in [0.25, 0.3) is 0 Å². The highest BCUT2D eigenvalue weighted by Gasteiger charge is 2.31. The van der Waals surface area contributed by atoms with Crippen molar-refractivity contribution in [3.8, 4) is 11.5 Å². The van der Waals surface area contributed by atoms with E-state index in [1.807, 2.05) is 48.5 Å². The first-order valence-electron chi connectivity index (χ1n) is 19.6. The third kappa shape index (κ3) is 15.5. The molecule has 61 heavy (non-hydrogen) atoms. The minimum absolute atomic E-state index is 0.101. The molecular weight excluding hydrogens is 920 g/mol. The van der Waals surface area contributed by atoms with Gasteiger partial charge in [-0.05, 0) is 104 Å². The number of esters is 1. The molecule has 2 aliphatic heterocycles. The maximum absolute atomic E-state index is 12.4. The van der Waals surface area contributed by atoms with Crippen molar-refractivity contribution >= 4 is 83.5 Å². The zero-order valence-corrected chi connectivity index (χ0v) is 40.0. The van der Waals surface area contributed by atoms with E-state index in [2.05, 4.69) is 50.0 Å². The summed E-state index contributed by atoms with van der Waals surface area (Å²) in [7, 11) is -3.66. The van der Waals surface area contributed by atoms with Crippen LogP contribution >= 0.6 is 39.1 Å². The molecule has 336 valence electrons. The molecule has 2 amide bonds. The minimum atomic E-state index is -3.66. The number of anilines is 2. The highest BCUT2D eigenvalue weighted by atomic mass is 79.9. The smallest absolute Gasteiger partial charge is 0.410 e. The minimum Gasteiger partial charge on any atom is -0.462 e. The van der Waals surface area contributed by atoms with E-state index in [4.69, 9.17) is 30.5 Å². The summed E-state index contributed by atoms with van der Waals surface area (Å²) >= 11 is 10.7. The van der Waals surface area contributed by atoms with E-state index < -0.39 is 27.3 Å². The Balaban J connectivity index is 0.000000329. The molecule has 1 N–H and O–H groups in total. The van der Waals surface area contributed by atoms with Gasteiger partial charge >= 0.3 is 28.3 Å². The van der Waals surface area contributed by atoms with Crippen molar-refractivity contribution < 1.29 is 46.0 Å². The summed E-state index contributed by atoms with van der Waals surface area (Å²) in [5.41, 5.74) is 0.573. The van der Waals surface area contributed by atoms with Crippen molar-refractivity contribution in [3.05, 3.63) is 45.6 Å². The van der Waals surface area contributed by atoms with Gasteiger partial charge in [-0.3, -0.25) is 9.27 Å². The Bertz CT molecular complexity index is 2160. The first kappa shape index (κ1) is 49.3. The molecule has 3 aromatic rings. The number of carbonyl (C=O) groups is 3. The molecule has 5 rings (SSSR count). The second kappa shape index (κ2) is 21.2. The van der Waals surface area contributed by atoms with Gasteiger partial charge in [0.25, 0.3) is 0 Å². The lowest BCUT2D eigenvalue weighted by molar-refractivity contribution is 0.0192. The molecule has 0 bridgehead atoms. The van der Waals surface area contributed by atoms with Crippen LogP contribution in [0.2, 0.25) is 0 Å². The summed E-state index contributed by atoms with van der Waals surface area (Å²) in [5, 5.41) is 7.31. The lowest BCUT2D eigenvalue weighted by Crippen LogP contribution is -2.42. The van der Waals surface area contributed by atoms with Crippen LogP contribution in [0, 0.1) is 19.8 Å². The first-order chi connectivity index (χ1) is 28.4. The van der Waals surface area contributed by atoms with Gasteiger partial charge in [-0.25, -0.2) is 24.4 Å². The van der Waals surface area contributed by atoms with Gasteiger partial charge in [0.2, 0.25) is 5.13 Å². The summed E-state index contributed by atoms with van der Waals surface area (Å²) in [4.78, 5) is 53.3. The van der Waals surface area contributed by atoms with Crippen molar-refractivity contribution in [1.82, 2.24) is 29.1 Å². The fourth-order valence-electron chi connectivity index (χ4n) is 5.96. The number of hydrogen-bond donors (Lipinski definition) is 1. The van der Waals surface area contributed by atoms with Crippen LogP contribution in [0.4, 0.5) is 20.5 Å². The first-order valence-corrected chi connectivity index (χ1v) is 23.3. The number of hydrogen-bond acceptors (Lipinski definition) is 17. The predicted octanol–water partition coefficient (Wildman–Crippen LogP) is 8.70. The summed E-state index contributed by atoms with van der Waals surface area (Å²) in [6.07, 6.45) is 6.06. The molecule has 0 atom stereocenters. The Morgan fingerprint density at radius 1 is 0.951 bits per heavy atom. The van der Waals surface area contributed by atoms with E-state index >= 15 is 0 Å². The number of aromatic nitrogens is 4. The number of likely N-dealkylation sites (tertiary alicyclic amines) is 2. The molecule has 22 heteroatoms. The molecular formula is C39H54BrClN8O10S2. The molecule has 18 nitrogen and oxygen atoms in total. The average Bonchev–Trinajstić information content (AvgIpc) is 3.64. The number of amides is 2. The Morgan fingerprint density at radius 3 is 2.07 bits per heavy atom. The normalized spacial score (nSPS) is 15.6. The fraction of sp³-hybridized carbons (Fsp3) is 0.590. The number of oxime groups is 1. The molecule has 0 radical (unpaired) electrons. The molecule has 2 fully saturated rings. The zero-order chi connectivity index (χ0) is 45.3. The molecule has 3 aromatic heterocycles. The number of aryl methyl sites for hydroxylation is 1. The quantitative estimate of drug-likeness (QED) is 0.0871. The molecule has 2 saturated heterocycles. The lowest BCUT2D eigenvalue weighted by Gasteiger charge is -2.32. The van der Waals surface area contributed by atoms with Gasteiger partial charge in [-0.1, -0.05) is 16.8 Å². The SMILES string of the molecule is CC(C)(C)OC(=O)N1CCC(/C(Cl)=N/OS(C)(=O)=O)CC1.CCOC(=O)c1cnc(C)c(Oc2cc(Nc3nc(C4CCN(C(=O)OC(C)(C)C)CC4)ns3)ncc2Br)c1C. The largest absolute Gasteiger partial charge is 0.462 e. The summed E-state index contributed by atoms with van der Waals surface area (Å²) in [6, 6.07) is 1.74. The van der Waals surface area contributed by atoms with E-state index in [-0.39, 0.29) is 35.8 Å². The van der Waals surface area contributed by atoms with Crippen LogP contribution in [0.5, 0.6) is 11.5 Å². The Kier molecular flexibility index (Phi) is 17.1. The van der Waals surface area contributed by atoms with E-state index in [1.165, 1.54) is 17.7 Å². The van der Waals surface area contributed by atoms with Crippen molar-refractivity contribution in [2.75, 3.05) is 44.4 Å². The second-order valence-electron chi connectivity index (χ2n) is 16.3. The van der Waals surface area contributed by atoms with Crippen LogP contribution in [-0.2, 0) is 28.6 Å². The third-order valence-corrected chi connectivity index (χ3v) is 10.9. The number of nitrogens with one attached hydrogen (secondary N) is 1. The number of nitrogens with zero attached hydrogens (tertiary/aromatic N) is 7. The summed E-state index contributed by atoms with van der Waals surface area (Å²) in [6.45, 7) is 18.8. The molecule has 5 heterocycles. The topological polar surface area (TPSA) is 214 Å². The Morgan fingerprint density at radius 2 is 1.52 bits per heavy atom. The highest BCUT2D eigenvalue weighted by molar-refractivity contribution is 9.10. The van der Waals surface area contributed by atoms with Gasteiger partial charge in [0.05, 0.1) is 28.6 Å². The van der Waals surface area contributed by atoms with Crippen LogP contribution in [0.15, 0.2) is 28.1 Å². The van der Waals surface area contributed by atoms with Gasteiger partial charge < -0.3 is 34.1 Å². The maximum atomic E-state index is 12.4. The van der Waals surface area contributed by atoms with E-state index in [1.54, 1.807) is 35.9 Å². The average molecular weight is 974 g/mol. The molecule has 0 aliphatic carbocycles. The maximum Gasteiger partial charge on any atom is 0.410 e. The number of carbonyl (C=O) groups excluding carboxylic acids is 3. The summed E-state index contributed by atoms with van der Waals surface area (Å²) in [5.74, 6) is 1.82. The molecule has 0 unspecified atom stereocenters. The van der Waals surface area contributed by atoms with Gasteiger partial charge in [-0.15, -0.1) is 0 Å². The van der Waals surface area contributed by atoms with Gasteiger partial charge in [0, 0.05) is 73.6 Å². The molecule has 0 spiro atoms. The van der Waals surface area contributed by atoms with E-state index in [0.29, 0.717) is 82.8 Å². The molecule has 0 saturated carbocycles. The second-order valence-corrected chi connectivity index (χ2v) is 19.8. The number of halogens is 2. The zero-order valence-electron chi connectivity index (χ0n) is 36.0. The highest BCUT2D eigenvalue weighted by Crippen LogP contribution is 2.36. The van der Waals surface area contributed by atoms with Gasteiger partial charge in [0.15, 0.2) is 5.75 Å². The van der Waals surface area contributed by atoms with Crippen molar-refractivity contribution in [1.29, 1.82) is 0 Å². The Labute approximate surface area is 374 Å². The van der Waals surface area contributed by atoms with E-state index in [9.17, 15) is 22.8 Å². The monoisotopic (exact) mass is 972 g/mol. The summed E-state index contributed by atoms with van der Waals surface area (Å²) < 4.78 is 53.3. The fourth-order valence-corrected chi connectivity index (χ4v) is 7.43. The van der Waals surface area contributed by atoms with E-state index in [0.717, 1.165) is 24.9 Å².